The van der Waals surface area contributed by atoms with Crippen LogP contribution in [0.15, 0.2) is 52.1 Å². The van der Waals surface area contributed by atoms with Gasteiger partial charge in [-0.2, -0.15) is 0 Å². The summed E-state index contributed by atoms with van der Waals surface area (Å²) in [6, 6.07) is 11.2. The highest BCUT2D eigenvalue weighted by atomic mass is 32.2. The highest BCUT2D eigenvalue weighted by Crippen LogP contribution is 2.29. The number of non-ortho nitro benzene ring substituents is 1. The third-order valence-electron chi connectivity index (χ3n) is 3.81. The number of nitrogens with zero attached hydrogens (tertiary/aromatic N) is 3. The highest BCUT2D eigenvalue weighted by Gasteiger charge is 2.15. The van der Waals surface area contributed by atoms with Crippen LogP contribution in [0.2, 0.25) is 0 Å². The number of methoxy groups -OCH3 is 1. The number of carbonyl (C=O) groups is 1. The van der Waals surface area contributed by atoms with E-state index in [-0.39, 0.29) is 22.4 Å². The summed E-state index contributed by atoms with van der Waals surface area (Å²) in [5.74, 6) is 0.940. The predicted octanol–water partition coefficient (Wildman–Crippen LogP) is 3.78. The fourth-order valence-electron chi connectivity index (χ4n) is 2.47. The summed E-state index contributed by atoms with van der Waals surface area (Å²) >= 11 is 1.05. The van der Waals surface area contributed by atoms with Gasteiger partial charge in [0.05, 0.1) is 30.1 Å². The first-order chi connectivity index (χ1) is 14.5. The Morgan fingerprint density at radius 3 is 2.67 bits per heavy atom. The Hall–Kier alpha value is -3.60. The normalized spacial score (nSPS) is 10.5. The molecule has 156 valence electrons. The third kappa shape index (κ3) is 5.26. The van der Waals surface area contributed by atoms with E-state index in [0.717, 1.165) is 23.1 Å². The summed E-state index contributed by atoms with van der Waals surface area (Å²) in [5.41, 5.74) is 0.775. The van der Waals surface area contributed by atoms with Gasteiger partial charge in [-0.1, -0.05) is 11.8 Å². The SMILES string of the molecule is CCOc1ccc(-c2nnc(SCC(=O)Nc3cc([N+](=O)[O-])ccc3OC)o2)cc1. The molecule has 2 aromatic carbocycles. The van der Waals surface area contributed by atoms with Gasteiger partial charge in [0.25, 0.3) is 10.9 Å². The van der Waals surface area contributed by atoms with Crippen molar-refractivity contribution in [2.24, 2.45) is 0 Å². The van der Waals surface area contributed by atoms with Crippen LogP contribution in [0.4, 0.5) is 11.4 Å². The number of carbonyl (C=O) groups excluding carboxylic acids is 1. The molecule has 0 bridgehead atoms. The van der Waals surface area contributed by atoms with E-state index < -0.39 is 10.8 Å². The summed E-state index contributed by atoms with van der Waals surface area (Å²) in [6.45, 7) is 2.48. The molecule has 0 saturated carbocycles. The summed E-state index contributed by atoms with van der Waals surface area (Å²) in [5, 5.41) is 21.6. The lowest BCUT2D eigenvalue weighted by atomic mass is 10.2. The van der Waals surface area contributed by atoms with Crippen LogP contribution >= 0.6 is 11.8 Å². The number of hydrogen-bond acceptors (Lipinski definition) is 9. The molecule has 1 aromatic heterocycles. The average Bonchev–Trinajstić information content (AvgIpc) is 3.22. The Labute approximate surface area is 175 Å². The lowest BCUT2D eigenvalue weighted by molar-refractivity contribution is -0.384. The maximum absolute atomic E-state index is 12.2. The molecule has 1 N–H and O–H groups in total. The van der Waals surface area contributed by atoms with Gasteiger partial charge in [-0.25, -0.2) is 0 Å². The van der Waals surface area contributed by atoms with Gasteiger partial charge < -0.3 is 19.2 Å². The number of thioether (sulfide) groups is 1. The standard InChI is InChI=1S/C19H18N4O6S/c1-3-28-14-7-4-12(5-8-14)18-21-22-19(29-18)30-11-17(24)20-15-10-13(23(25)26)6-9-16(15)27-2/h4-10H,3,11H2,1-2H3,(H,20,24). The van der Waals surface area contributed by atoms with Gasteiger partial charge >= 0.3 is 0 Å². The van der Waals surface area contributed by atoms with Gasteiger partial charge in [-0.3, -0.25) is 14.9 Å². The lowest BCUT2D eigenvalue weighted by Crippen LogP contribution is -2.14. The Bertz CT molecular complexity index is 1040. The van der Waals surface area contributed by atoms with Gasteiger partial charge in [-0.05, 0) is 37.3 Å². The molecular formula is C19H18N4O6S. The van der Waals surface area contributed by atoms with Crippen LogP contribution in [0.5, 0.6) is 11.5 Å². The van der Waals surface area contributed by atoms with Crippen LogP contribution in [0, 0.1) is 10.1 Å². The molecule has 0 aliphatic rings. The number of nitro benzene ring substituents is 1. The zero-order valence-corrected chi connectivity index (χ0v) is 17.0. The summed E-state index contributed by atoms with van der Waals surface area (Å²) in [4.78, 5) is 22.6. The predicted molar refractivity (Wildman–Crippen MR) is 110 cm³/mol. The van der Waals surface area contributed by atoms with E-state index >= 15 is 0 Å². The zero-order valence-electron chi connectivity index (χ0n) is 16.2. The van der Waals surface area contributed by atoms with Crippen LogP contribution in [0.1, 0.15) is 6.92 Å². The van der Waals surface area contributed by atoms with E-state index in [1.165, 1.54) is 25.3 Å². The molecular weight excluding hydrogens is 412 g/mol. The maximum Gasteiger partial charge on any atom is 0.277 e. The number of nitro groups is 1. The molecule has 30 heavy (non-hydrogen) atoms. The van der Waals surface area contributed by atoms with E-state index in [2.05, 4.69) is 15.5 Å². The van der Waals surface area contributed by atoms with E-state index in [0.29, 0.717) is 18.2 Å². The molecule has 0 spiro atoms. The monoisotopic (exact) mass is 430 g/mol. The van der Waals surface area contributed by atoms with Crippen LogP contribution < -0.4 is 14.8 Å². The van der Waals surface area contributed by atoms with Crippen molar-refractivity contribution >= 4 is 29.0 Å². The second-order valence-corrected chi connectivity index (χ2v) is 6.74. The van der Waals surface area contributed by atoms with Crippen LogP contribution in [-0.4, -0.2) is 40.5 Å². The van der Waals surface area contributed by atoms with E-state index in [4.69, 9.17) is 13.9 Å². The summed E-state index contributed by atoms with van der Waals surface area (Å²) in [6.07, 6.45) is 0. The maximum atomic E-state index is 12.2. The Balaban J connectivity index is 1.60. The second-order valence-electron chi connectivity index (χ2n) is 5.81. The largest absolute Gasteiger partial charge is 0.495 e. The zero-order chi connectivity index (χ0) is 21.5. The fraction of sp³-hybridized carbons (Fsp3) is 0.211. The molecule has 0 unspecified atom stereocenters. The second kappa shape index (κ2) is 9.74. The third-order valence-corrected chi connectivity index (χ3v) is 4.63. The number of hydrogen-bond donors (Lipinski definition) is 1. The minimum absolute atomic E-state index is 0.0310. The van der Waals surface area contributed by atoms with Crippen molar-refractivity contribution in [1.82, 2.24) is 10.2 Å². The lowest BCUT2D eigenvalue weighted by Gasteiger charge is -2.09. The van der Waals surface area contributed by atoms with Crippen molar-refractivity contribution in [1.29, 1.82) is 0 Å². The first-order valence-corrected chi connectivity index (χ1v) is 9.80. The summed E-state index contributed by atoms with van der Waals surface area (Å²) < 4.78 is 16.1. The molecule has 0 aliphatic carbocycles. The minimum Gasteiger partial charge on any atom is -0.495 e. The van der Waals surface area contributed by atoms with Crippen LogP contribution in [0.3, 0.4) is 0 Å². The molecule has 3 aromatic rings. The summed E-state index contributed by atoms with van der Waals surface area (Å²) in [7, 11) is 1.41. The molecule has 3 rings (SSSR count). The fourth-order valence-corrected chi connectivity index (χ4v) is 3.03. The van der Waals surface area contributed by atoms with Crippen LogP contribution in [0.25, 0.3) is 11.5 Å². The number of amides is 1. The quantitative estimate of drug-likeness (QED) is 0.306. The van der Waals surface area contributed by atoms with Crippen molar-refractivity contribution < 1.29 is 23.6 Å². The van der Waals surface area contributed by atoms with E-state index in [1.54, 1.807) is 24.3 Å². The number of anilines is 1. The molecule has 0 aliphatic heterocycles. The average molecular weight is 430 g/mol. The van der Waals surface area contributed by atoms with Gasteiger partial charge in [0, 0.05) is 17.7 Å². The van der Waals surface area contributed by atoms with Gasteiger partial charge in [-0.15, -0.1) is 10.2 Å². The molecule has 0 saturated heterocycles. The van der Waals surface area contributed by atoms with Crippen molar-refractivity contribution in [3.8, 4) is 23.0 Å². The van der Waals surface area contributed by atoms with Gasteiger partial charge in [0.1, 0.15) is 11.5 Å². The molecule has 0 fully saturated rings. The van der Waals surface area contributed by atoms with Gasteiger partial charge in [0.15, 0.2) is 0 Å². The molecule has 1 heterocycles. The van der Waals surface area contributed by atoms with Gasteiger partial charge in [0.2, 0.25) is 11.8 Å². The van der Waals surface area contributed by atoms with Crippen molar-refractivity contribution in [3.05, 3.63) is 52.6 Å². The molecule has 1 amide bonds. The van der Waals surface area contributed by atoms with Crippen molar-refractivity contribution in [3.63, 3.8) is 0 Å². The molecule has 10 nitrogen and oxygen atoms in total. The number of aromatic nitrogens is 2. The minimum atomic E-state index is -0.551. The molecule has 0 radical (unpaired) electrons. The molecule has 11 heteroatoms. The highest BCUT2D eigenvalue weighted by molar-refractivity contribution is 7.99. The topological polar surface area (TPSA) is 130 Å². The molecule has 0 atom stereocenters. The van der Waals surface area contributed by atoms with Crippen molar-refractivity contribution in [2.75, 3.05) is 24.8 Å². The number of nitrogens with one attached hydrogen (secondary N) is 1. The van der Waals surface area contributed by atoms with E-state index in [1.807, 2.05) is 6.92 Å². The number of rotatable bonds is 9. The smallest absolute Gasteiger partial charge is 0.277 e. The Morgan fingerprint density at radius 2 is 2.00 bits per heavy atom. The Morgan fingerprint density at radius 1 is 1.23 bits per heavy atom. The Kier molecular flexibility index (Phi) is 6.86. The number of ether oxygens (including phenoxy) is 2. The number of benzene rings is 2. The first kappa shape index (κ1) is 21.1. The van der Waals surface area contributed by atoms with E-state index in [9.17, 15) is 14.9 Å². The van der Waals surface area contributed by atoms with Crippen LogP contribution in [-0.2, 0) is 4.79 Å². The van der Waals surface area contributed by atoms with Crippen molar-refractivity contribution in [2.45, 2.75) is 12.1 Å². The first-order valence-electron chi connectivity index (χ1n) is 8.82.